The van der Waals surface area contributed by atoms with Crippen molar-refractivity contribution in [1.82, 2.24) is 40.3 Å². The number of carbonyl (C=O) groups is 4. The van der Waals surface area contributed by atoms with Crippen LogP contribution in [-0.4, -0.2) is 72.1 Å². The van der Waals surface area contributed by atoms with Gasteiger partial charge in [0.25, 0.3) is 11.8 Å². The first kappa shape index (κ1) is 33.9. The highest BCUT2D eigenvalue weighted by Crippen LogP contribution is 2.39. The van der Waals surface area contributed by atoms with E-state index in [2.05, 4.69) is 31.0 Å². The van der Waals surface area contributed by atoms with Crippen molar-refractivity contribution in [1.29, 1.82) is 0 Å². The zero-order valence-electron chi connectivity index (χ0n) is 28.6. The van der Waals surface area contributed by atoms with E-state index in [0.717, 1.165) is 33.3 Å². The fourth-order valence-corrected chi connectivity index (χ4v) is 5.84. The molecule has 6 rings (SSSR count). The largest absolute Gasteiger partial charge is 0.444 e. The lowest BCUT2D eigenvalue weighted by molar-refractivity contribution is 0.0525. The summed E-state index contributed by atoms with van der Waals surface area (Å²) in [7, 11) is 0. The van der Waals surface area contributed by atoms with Gasteiger partial charge in [0.1, 0.15) is 11.3 Å². The Balaban J connectivity index is 1.16. The third-order valence-electron chi connectivity index (χ3n) is 8.24. The molecule has 4 heterocycles. The Morgan fingerprint density at radius 1 is 0.880 bits per heavy atom. The van der Waals surface area contributed by atoms with Crippen LogP contribution in [0.1, 0.15) is 82.3 Å². The van der Waals surface area contributed by atoms with Gasteiger partial charge in [0.05, 0.1) is 5.52 Å². The van der Waals surface area contributed by atoms with Gasteiger partial charge in [-0.25, -0.2) is 4.79 Å². The summed E-state index contributed by atoms with van der Waals surface area (Å²) in [6, 6.07) is 18.2. The maximum absolute atomic E-state index is 13.7. The van der Waals surface area contributed by atoms with E-state index in [1.165, 1.54) is 6.92 Å². The van der Waals surface area contributed by atoms with Crippen molar-refractivity contribution in [3.8, 4) is 22.5 Å². The molecule has 0 saturated heterocycles. The van der Waals surface area contributed by atoms with Crippen molar-refractivity contribution >= 4 is 29.2 Å². The molecule has 0 fully saturated rings. The number of fused-ring (bicyclic) bond motifs is 3. The van der Waals surface area contributed by atoms with Crippen molar-refractivity contribution < 1.29 is 23.9 Å². The molecule has 0 saturated carbocycles. The molecule has 256 valence electrons. The Morgan fingerprint density at radius 3 is 2.22 bits per heavy atom. The summed E-state index contributed by atoms with van der Waals surface area (Å²) in [6.07, 6.45) is 1.81. The average molecular weight is 675 g/mol. The maximum atomic E-state index is 13.7. The van der Waals surface area contributed by atoms with Crippen molar-refractivity contribution in [3.63, 3.8) is 0 Å². The normalized spacial score (nSPS) is 12.6. The van der Waals surface area contributed by atoms with Crippen LogP contribution in [0, 0.1) is 6.92 Å². The highest BCUT2D eigenvalue weighted by Gasteiger charge is 2.34. The van der Waals surface area contributed by atoms with Gasteiger partial charge in [0, 0.05) is 60.2 Å². The molecule has 0 spiro atoms. The minimum atomic E-state index is -0.594. The van der Waals surface area contributed by atoms with Gasteiger partial charge in [-0.1, -0.05) is 36.4 Å². The first-order chi connectivity index (χ1) is 23.9. The van der Waals surface area contributed by atoms with E-state index in [9.17, 15) is 19.2 Å². The van der Waals surface area contributed by atoms with E-state index in [4.69, 9.17) is 4.74 Å². The van der Waals surface area contributed by atoms with E-state index < -0.39 is 11.7 Å². The van der Waals surface area contributed by atoms with Gasteiger partial charge in [0.15, 0.2) is 11.6 Å². The molecule has 3 amide bonds. The van der Waals surface area contributed by atoms with Gasteiger partial charge in [-0.05, 0) is 76.4 Å². The summed E-state index contributed by atoms with van der Waals surface area (Å²) in [4.78, 5) is 52.9. The SMILES string of the molecule is CC(=O)c1ccn2c3c(c(-c4ccc(C(=O)NCc5ccc(-c6nnc(C)nn6)cc5)cc4)c2c1)CN(CCCNC(=O)OC(C)(C)C)C3=O. The highest BCUT2D eigenvalue weighted by atomic mass is 16.6. The zero-order chi connectivity index (χ0) is 35.6. The number of benzene rings is 2. The van der Waals surface area contributed by atoms with Crippen molar-refractivity contribution in [2.24, 2.45) is 0 Å². The van der Waals surface area contributed by atoms with Crippen LogP contribution in [0.5, 0.6) is 0 Å². The van der Waals surface area contributed by atoms with Crippen LogP contribution >= 0.6 is 0 Å². The fourth-order valence-electron chi connectivity index (χ4n) is 5.84. The van der Waals surface area contributed by atoms with E-state index in [0.29, 0.717) is 61.1 Å². The summed E-state index contributed by atoms with van der Waals surface area (Å²) in [5.41, 5.74) is 5.88. The molecule has 13 heteroatoms. The van der Waals surface area contributed by atoms with Crippen LogP contribution in [-0.2, 0) is 17.8 Å². The van der Waals surface area contributed by atoms with E-state index in [-0.39, 0.29) is 17.6 Å². The quantitative estimate of drug-likeness (QED) is 0.151. The van der Waals surface area contributed by atoms with Gasteiger partial charge in [0.2, 0.25) is 5.82 Å². The molecule has 0 atom stereocenters. The third-order valence-corrected chi connectivity index (χ3v) is 8.24. The molecule has 0 aliphatic carbocycles. The molecule has 0 bridgehead atoms. The van der Waals surface area contributed by atoms with Crippen LogP contribution in [0.15, 0.2) is 66.9 Å². The minimum Gasteiger partial charge on any atom is -0.444 e. The molecule has 0 unspecified atom stereocenters. The maximum Gasteiger partial charge on any atom is 0.407 e. The zero-order valence-corrected chi connectivity index (χ0v) is 28.6. The van der Waals surface area contributed by atoms with Gasteiger partial charge < -0.3 is 24.7 Å². The number of aromatic nitrogens is 5. The molecule has 2 aromatic carbocycles. The lowest BCUT2D eigenvalue weighted by atomic mass is 9.99. The van der Waals surface area contributed by atoms with E-state index >= 15 is 0 Å². The number of amides is 3. The minimum absolute atomic E-state index is 0.0793. The number of alkyl carbamates (subject to hydrolysis) is 1. The number of ether oxygens (including phenoxy) is 1. The molecule has 13 nitrogen and oxygen atoms in total. The summed E-state index contributed by atoms with van der Waals surface area (Å²) in [5.74, 6) is 0.481. The predicted molar refractivity (Wildman–Crippen MR) is 185 cm³/mol. The van der Waals surface area contributed by atoms with Gasteiger partial charge in [-0.15, -0.1) is 20.4 Å². The molecule has 0 radical (unpaired) electrons. The Kier molecular flexibility index (Phi) is 9.40. The molecule has 2 N–H and O–H groups in total. The molecule has 3 aromatic heterocycles. The Hall–Kier alpha value is -5.98. The number of Topliss-reactive ketones (excluding diaryl/α,β-unsaturated/α-hetero) is 1. The molecule has 1 aliphatic rings. The van der Waals surface area contributed by atoms with Crippen molar-refractivity contribution in [2.75, 3.05) is 13.1 Å². The summed E-state index contributed by atoms with van der Waals surface area (Å²) >= 11 is 0. The van der Waals surface area contributed by atoms with Crippen molar-refractivity contribution in [3.05, 3.63) is 101 Å². The van der Waals surface area contributed by atoms with Crippen LogP contribution < -0.4 is 10.6 Å². The fraction of sp³-hybridized carbons (Fsp3) is 0.297. The van der Waals surface area contributed by atoms with Crippen molar-refractivity contribution in [2.45, 2.75) is 59.7 Å². The van der Waals surface area contributed by atoms with E-state index in [1.54, 1.807) is 57.0 Å². The Bertz CT molecular complexity index is 2080. The molecule has 5 aromatic rings. The standard InChI is InChI=1S/C37H38N8O5/c1-22(46)28-15-18-45-30(19-28)31(29-21-44(35(48)32(29)45)17-6-16-38-36(49)50-37(3,4)5)25-11-13-27(14-12-25)34(47)39-20-24-7-9-26(10-8-24)33-42-40-23(2)41-43-33/h7-15,18-19H,6,16-17,20-21H2,1-5H3,(H,38,49)(H,39,47). The second-order valence-electron chi connectivity index (χ2n) is 13.2. The predicted octanol–water partition coefficient (Wildman–Crippen LogP) is 5.16. The number of aryl methyl sites for hydroxylation is 1. The number of carbonyl (C=O) groups excluding carboxylic acids is 4. The Morgan fingerprint density at radius 2 is 1.56 bits per heavy atom. The number of nitrogens with zero attached hydrogens (tertiary/aromatic N) is 6. The van der Waals surface area contributed by atoms with Gasteiger partial charge >= 0.3 is 6.09 Å². The molecule has 1 aliphatic heterocycles. The number of nitrogens with one attached hydrogen (secondary N) is 2. The third kappa shape index (κ3) is 7.36. The van der Waals surface area contributed by atoms with Crippen LogP contribution in [0.4, 0.5) is 4.79 Å². The monoisotopic (exact) mass is 674 g/mol. The summed E-state index contributed by atoms with van der Waals surface area (Å²) < 4.78 is 7.13. The number of pyridine rings is 1. The number of hydrogen-bond acceptors (Lipinski definition) is 9. The van der Waals surface area contributed by atoms with Gasteiger partial charge in [-0.2, -0.15) is 0 Å². The topological polar surface area (TPSA) is 161 Å². The summed E-state index contributed by atoms with van der Waals surface area (Å²) in [5, 5.41) is 21.7. The Labute approximate surface area is 289 Å². The smallest absolute Gasteiger partial charge is 0.407 e. The van der Waals surface area contributed by atoms with E-state index in [1.807, 2.05) is 46.9 Å². The van der Waals surface area contributed by atoms with Crippen LogP contribution in [0.25, 0.3) is 28.0 Å². The number of ketones is 1. The lowest BCUT2D eigenvalue weighted by Gasteiger charge is -2.20. The average Bonchev–Trinajstić information content (AvgIpc) is 3.58. The first-order valence-corrected chi connectivity index (χ1v) is 16.3. The first-order valence-electron chi connectivity index (χ1n) is 16.3. The van der Waals surface area contributed by atoms with Crippen LogP contribution in [0.2, 0.25) is 0 Å². The molecule has 50 heavy (non-hydrogen) atoms. The number of rotatable bonds is 10. The highest BCUT2D eigenvalue weighted by molar-refractivity contribution is 6.05. The lowest BCUT2D eigenvalue weighted by Crippen LogP contribution is -2.34. The number of hydrogen-bond donors (Lipinski definition) is 2. The second-order valence-corrected chi connectivity index (χ2v) is 13.2. The van der Waals surface area contributed by atoms with Crippen LogP contribution in [0.3, 0.4) is 0 Å². The summed E-state index contributed by atoms with van der Waals surface area (Å²) in [6.45, 7) is 10.1. The molecular weight excluding hydrogens is 636 g/mol. The second kappa shape index (κ2) is 13.9. The molecular formula is C37H38N8O5. The van der Waals surface area contributed by atoms with Gasteiger partial charge in [-0.3, -0.25) is 14.4 Å².